The molecule has 2 heterocycles. The molecule has 3 rings (SSSR count). The number of nitrogens with one attached hydrogen (secondary N) is 1. The minimum Gasteiger partial charge on any atom is -0.334 e. The molecule has 5 heteroatoms. The van der Waals surface area contributed by atoms with E-state index in [1.807, 2.05) is 18.5 Å². The lowest BCUT2D eigenvalue weighted by Crippen LogP contribution is -2.39. The minimum absolute atomic E-state index is 0.246. The van der Waals surface area contributed by atoms with Gasteiger partial charge in [-0.3, -0.25) is 4.79 Å². The number of nitrogens with zero attached hydrogens (tertiary/aromatic N) is 3. The number of hydrogen-bond donors (Lipinski definition) is 1. The van der Waals surface area contributed by atoms with E-state index >= 15 is 0 Å². The maximum absolute atomic E-state index is 12.8. The van der Waals surface area contributed by atoms with Crippen molar-refractivity contribution in [2.24, 2.45) is 5.41 Å². The molecule has 1 amide bonds. The first-order valence-corrected chi connectivity index (χ1v) is 8.81. The Kier molecular flexibility index (Phi) is 4.85. The van der Waals surface area contributed by atoms with Crippen molar-refractivity contribution in [2.75, 3.05) is 13.1 Å². The molecule has 1 N–H and O–H groups in total. The Morgan fingerprint density at radius 2 is 2.35 bits per heavy atom. The van der Waals surface area contributed by atoms with Crippen molar-refractivity contribution in [3.05, 3.63) is 30.9 Å². The monoisotopic (exact) mass is 316 g/mol. The zero-order valence-electron chi connectivity index (χ0n) is 14.1. The van der Waals surface area contributed by atoms with E-state index in [2.05, 4.69) is 33.3 Å². The van der Waals surface area contributed by atoms with E-state index in [0.29, 0.717) is 24.4 Å². The topological polar surface area (TPSA) is 50.2 Å². The third-order valence-corrected chi connectivity index (χ3v) is 5.46. The summed E-state index contributed by atoms with van der Waals surface area (Å²) in [6.45, 7) is 9.54. The summed E-state index contributed by atoms with van der Waals surface area (Å²) in [6.07, 6.45) is 10.5. The van der Waals surface area contributed by atoms with Gasteiger partial charge in [0.25, 0.3) is 0 Å². The molecular formula is C18H28N4O. The van der Waals surface area contributed by atoms with E-state index < -0.39 is 0 Å². The summed E-state index contributed by atoms with van der Waals surface area (Å²) >= 11 is 0. The number of allylic oxidation sites excluding steroid dienone is 1. The largest absolute Gasteiger partial charge is 0.334 e. The van der Waals surface area contributed by atoms with Gasteiger partial charge in [-0.1, -0.05) is 6.08 Å². The Morgan fingerprint density at radius 1 is 1.57 bits per heavy atom. The van der Waals surface area contributed by atoms with E-state index in [1.165, 1.54) is 12.8 Å². The molecule has 1 saturated heterocycles. The number of piperidine rings is 1. The fourth-order valence-electron chi connectivity index (χ4n) is 3.90. The SMILES string of the molecule is C=CCCC(=O)N(Cc1nccn1CC)C1CC12CCNCC2. The fraction of sp³-hybridized carbons (Fsp3) is 0.667. The summed E-state index contributed by atoms with van der Waals surface area (Å²) in [5.74, 6) is 1.24. The van der Waals surface area contributed by atoms with Crippen LogP contribution in [0.5, 0.6) is 0 Å². The van der Waals surface area contributed by atoms with Crippen LogP contribution in [-0.4, -0.2) is 39.5 Å². The molecule has 1 spiro atoms. The molecule has 1 saturated carbocycles. The zero-order chi connectivity index (χ0) is 16.3. The number of carbonyl (C=O) groups is 1. The summed E-state index contributed by atoms with van der Waals surface area (Å²) in [7, 11) is 0. The van der Waals surface area contributed by atoms with E-state index in [4.69, 9.17) is 0 Å². The van der Waals surface area contributed by atoms with Gasteiger partial charge in [0.05, 0.1) is 6.54 Å². The van der Waals surface area contributed by atoms with Crippen LogP contribution in [0.1, 0.15) is 44.9 Å². The summed E-state index contributed by atoms with van der Waals surface area (Å²) in [5.41, 5.74) is 0.360. The molecule has 126 valence electrons. The van der Waals surface area contributed by atoms with Gasteiger partial charge in [-0.25, -0.2) is 4.98 Å². The first-order chi connectivity index (χ1) is 11.2. The van der Waals surface area contributed by atoms with Crippen LogP contribution in [0.2, 0.25) is 0 Å². The number of aryl methyl sites for hydroxylation is 1. The molecule has 1 aliphatic carbocycles. The van der Waals surface area contributed by atoms with Crippen molar-refractivity contribution < 1.29 is 4.79 Å². The smallest absolute Gasteiger partial charge is 0.223 e. The molecule has 1 atom stereocenters. The molecule has 0 bridgehead atoms. The maximum atomic E-state index is 12.8. The van der Waals surface area contributed by atoms with Crippen LogP contribution in [0, 0.1) is 5.41 Å². The van der Waals surface area contributed by atoms with Crippen molar-refractivity contribution in [2.45, 2.75) is 58.2 Å². The van der Waals surface area contributed by atoms with Gasteiger partial charge in [-0.2, -0.15) is 0 Å². The number of imidazole rings is 1. The molecule has 2 fully saturated rings. The maximum Gasteiger partial charge on any atom is 0.223 e. The number of amides is 1. The van der Waals surface area contributed by atoms with E-state index in [9.17, 15) is 4.79 Å². The van der Waals surface area contributed by atoms with Gasteiger partial charge >= 0.3 is 0 Å². The second-order valence-electron chi connectivity index (χ2n) is 6.81. The molecule has 1 unspecified atom stereocenters. The van der Waals surface area contributed by atoms with E-state index in [-0.39, 0.29) is 5.91 Å². The molecule has 5 nitrogen and oxygen atoms in total. The van der Waals surface area contributed by atoms with Crippen molar-refractivity contribution in [3.63, 3.8) is 0 Å². The Hall–Kier alpha value is -1.62. The molecular weight excluding hydrogens is 288 g/mol. The second-order valence-corrected chi connectivity index (χ2v) is 6.81. The van der Waals surface area contributed by atoms with Gasteiger partial charge in [-0.05, 0) is 51.1 Å². The van der Waals surface area contributed by atoms with Crippen LogP contribution < -0.4 is 5.32 Å². The number of rotatable bonds is 7. The molecule has 1 aromatic rings. The van der Waals surface area contributed by atoms with Crippen molar-refractivity contribution in [3.8, 4) is 0 Å². The lowest BCUT2D eigenvalue weighted by Gasteiger charge is -2.29. The van der Waals surface area contributed by atoms with Gasteiger partial charge in [0, 0.05) is 31.4 Å². The number of aromatic nitrogens is 2. The van der Waals surface area contributed by atoms with Crippen molar-refractivity contribution in [1.82, 2.24) is 19.8 Å². The molecule has 1 aliphatic heterocycles. The number of carbonyl (C=O) groups excluding carboxylic acids is 1. The highest BCUT2D eigenvalue weighted by atomic mass is 16.2. The van der Waals surface area contributed by atoms with E-state index in [0.717, 1.165) is 38.3 Å². The molecule has 0 aromatic carbocycles. The Bertz CT molecular complexity index is 559. The molecule has 2 aliphatic rings. The van der Waals surface area contributed by atoms with Gasteiger partial charge in [0.1, 0.15) is 5.82 Å². The molecule has 0 radical (unpaired) electrons. The molecule has 1 aromatic heterocycles. The lowest BCUT2D eigenvalue weighted by molar-refractivity contribution is -0.133. The predicted molar refractivity (Wildman–Crippen MR) is 90.8 cm³/mol. The van der Waals surface area contributed by atoms with Crippen LogP contribution in [0.4, 0.5) is 0 Å². The van der Waals surface area contributed by atoms with Gasteiger partial charge < -0.3 is 14.8 Å². The first kappa shape index (κ1) is 16.2. The third kappa shape index (κ3) is 3.34. The average molecular weight is 316 g/mol. The summed E-state index contributed by atoms with van der Waals surface area (Å²) in [4.78, 5) is 19.3. The van der Waals surface area contributed by atoms with Crippen LogP contribution in [-0.2, 0) is 17.9 Å². The summed E-state index contributed by atoms with van der Waals surface area (Å²) in [6, 6.07) is 0.393. The quantitative estimate of drug-likeness (QED) is 0.786. The lowest BCUT2D eigenvalue weighted by atomic mass is 9.93. The highest BCUT2D eigenvalue weighted by molar-refractivity contribution is 5.77. The normalized spacial score (nSPS) is 22.0. The Morgan fingerprint density at radius 3 is 3.04 bits per heavy atom. The van der Waals surface area contributed by atoms with Crippen molar-refractivity contribution in [1.29, 1.82) is 0 Å². The first-order valence-electron chi connectivity index (χ1n) is 8.81. The van der Waals surface area contributed by atoms with Crippen LogP contribution in [0.25, 0.3) is 0 Å². The Labute approximate surface area is 138 Å². The standard InChI is InChI=1S/C18H28N4O/c1-3-5-6-17(23)22(14-16-20-11-12-21(16)4-2)15-13-18(15)7-9-19-10-8-18/h3,11-12,15,19H,1,4-10,13-14H2,2H3. The minimum atomic E-state index is 0.246. The van der Waals surface area contributed by atoms with Gasteiger partial charge in [0.15, 0.2) is 0 Å². The summed E-state index contributed by atoms with van der Waals surface area (Å²) in [5, 5.41) is 3.43. The van der Waals surface area contributed by atoms with Crippen LogP contribution >= 0.6 is 0 Å². The Balaban J connectivity index is 1.74. The average Bonchev–Trinajstić information content (AvgIpc) is 3.05. The van der Waals surface area contributed by atoms with Crippen LogP contribution in [0.15, 0.2) is 25.0 Å². The number of hydrogen-bond acceptors (Lipinski definition) is 3. The highest BCUT2D eigenvalue weighted by Gasteiger charge is 2.57. The second kappa shape index (κ2) is 6.87. The molecule has 23 heavy (non-hydrogen) atoms. The van der Waals surface area contributed by atoms with Crippen LogP contribution in [0.3, 0.4) is 0 Å². The van der Waals surface area contributed by atoms with Crippen molar-refractivity contribution >= 4 is 5.91 Å². The summed E-state index contributed by atoms with van der Waals surface area (Å²) < 4.78 is 2.13. The zero-order valence-corrected chi connectivity index (χ0v) is 14.1. The van der Waals surface area contributed by atoms with Gasteiger partial charge in [-0.15, -0.1) is 6.58 Å². The van der Waals surface area contributed by atoms with Gasteiger partial charge in [0.2, 0.25) is 5.91 Å². The highest BCUT2D eigenvalue weighted by Crippen LogP contribution is 2.56. The fourth-order valence-corrected chi connectivity index (χ4v) is 3.90. The van der Waals surface area contributed by atoms with E-state index in [1.54, 1.807) is 0 Å². The third-order valence-electron chi connectivity index (χ3n) is 5.46. The predicted octanol–water partition coefficient (Wildman–Crippen LogP) is 2.34.